The Balaban J connectivity index is 1.58. The Kier molecular flexibility index (Phi) is 5.99. The van der Waals surface area contributed by atoms with Crippen molar-refractivity contribution >= 4 is 17.7 Å². The largest absolute Gasteiger partial charge is 0.454 e. The molecule has 0 unspecified atom stereocenters. The van der Waals surface area contributed by atoms with Gasteiger partial charge in [-0.1, -0.05) is 6.07 Å². The summed E-state index contributed by atoms with van der Waals surface area (Å²) < 4.78 is 81.1. The maximum atomic E-state index is 12.7. The minimum absolute atomic E-state index is 0.0867. The second kappa shape index (κ2) is 8.50. The van der Waals surface area contributed by atoms with Gasteiger partial charge in [0.25, 0.3) is 0 Å². The summed E-state index contributed by atoms with van der Waals surface area (Å²) in [7, 11) is 0. The lowest BCUT2D eigenvalue weighted by atomic mass is 10.2. The minimum atomic E-state index is -4.56. The van der Waals surface area contributed by atoms with E-state index in [-0.39, 0.29) is 23.1 Å². The zero-order chi connectivity index (χ0) is 22.6. The fourth-order valence-corrected chi connectivity index (χ4v) is 2.32. The number of urea groups is 1. The van der Waals surface area contributed by atoms with Crippen molar-refractivity contribution in [3.05, 3.63) is 72.1 Å². The molecule has 0 fully saturated rings. The molecular formula is C19H12F6N4O2. The Morgan fingerprint density at radius 3 is 1.97 bits per heavy atom. The first-order valence-corrected chi connectivity index (χ1v) is 8.43. The first-order chi connectivity index (χ1) is 14.5. The van der Waals surface area contributed by atoms with Crippen LogP contribution in [0.25, 0.3) is 0 Å². The molecule has 0 atom stereocenters. The van der Waals surface area contributed by atoms with Crippen LogP contribution in [0.2, 0.25) is 0 Å². The summed E-state index contributed by atoms with van der Waals surface area (Å²) in [6.07, 6.45) is -6.71. The molecule has 2 aromatic carbocycles. The Hall–Kier alpha value is -3.83. The van der Waals surface area contributed by atoms with Gasteiger partial charge in [0.15, 0.2) is 5.75 Å². The van der Waals surface area contributed by atoms with Gasteiger partial charge in [-0.05, 0) is 42.5 Å². The number of halogens is 6. The first kappa shape index (κ1) is 21.9. The van der Waals surface area contributed by atoms with E-state index in [0.29, 0.717) is 0 Å². The number of carbonyl (C=O) groups excluding carboxylic acids is 1. The summed E-state index contributed by atoms with van der Waals surface area (Å²) in [6, 6.07) is 7.11. The Bertz CT molecular complexity index is 1050. The number of hydrogen-bond donors (Lipinski definition) is 2. The van der Waals surface area contributed by atoms with Gasteiger partial charge < -0.3 is 10.1 Å². The molecule has 3 rings (SSSR count). The van der Waals surface area contributed by atoms with Gasteiger partial charge >= 0.3 is 18.4 Å². The van der Waals surface area contributed by atoms with Crippen LogP contribution in [0.15, 0.2) is 60.9 Å². The highest BCUT2D eigenvalue weighted by Gasteiger charge is 2.31. The summed E-state index contributed by atoms with van der Waals surface area (Å²) in [5.74, 6) is 0.0208. The molecule has 0 aliphatic rings. The van der Waals surface area contributed by atoms with Crippen molar-refractivity contribution in [3.63, 3.8) is 0 Å². The van der Waals surface area contributed by atoms with Crippen LogP contribution in [0.1, 0.15) is 11.1 Å². The van der Waals surface area contributed by atoms with Crippen LogP contribution in [0.3, 0.4) is 0 Å². The van der Waals surface area contributed by atoms with Crippen LogP contribution in [0.4, 0.5) is 42.8 Å². The average molecular weight is 442 g/mol. The normalized spacial score (nSPS) is 11.7. The number of alkyl halides is 6. The lowest BCUT2D eigenvalue weighted by molar-refractivity contribution is -0.138. The Morgan fingerprint density at radius 1 is 0.774 bits per heavy atom. The minimum Gasteiger partial charge on any atom is -0.454 e. The molecule has 12 heteroatoms. The van der Waals surface area contributed by atoms with Crippen molar-refractivity contribution in [2.24, 2.45) is 0 Å². The number of hydrogen-bond acceptors (Lipinski definition) is 4. The van der Waals surface area contributed by atoms with E-state index in [4.69, 9.17) is 4.74 Å². The molecule has 2 amide bonds. The number of benzene rings is 2. The van der Waals surface area contributed by atoms with Crippen LogP contribution in [0.5, 0.6) is 11.5 Å². The number of rotatable bonds is 4. The third-order valence-corrected chi connectivity index (χ3v) is 3.72. The fourth-order valence-electron chi connectivity index (χ4n) is 2.32. The number of amides is 2. The Labute approximate surface area is 170 Å². The highest BCUT2D eigenvalue weighted by Crippen LogP contribution is 2.32. The van der Waals surface area contributed by atoms with Crippen molar-refractivity contribution < 1.29 is 35.9 Å². The molecule has 6 nitrogen and oxygen atoms in total. The van der Waals surface area contributed by atoms with E-state index in [9.17, 15) is 31.1 Å². The topological polar surface area (TPSA) is 76.1 Å². The molecule has 0 aliphatic carbocycles. The third-order valence-electron chi connectivity index (χ3n) is 3.72. The summed E-state index contributed by atoms with van der Waals surface area (Å²) in [4.78, 5) is 19.5. The van der Waals surface area contributed by atoms with Gasteiger partial charge in [0, 0.05) is 5.69 Å². The van der Waals surface area contributed by atoms with Gasteiger partial charge in [0.1, 0.15) is 5.75 Å². The summed E-state index contributed by atoms with van der Waals surface area (Å²) in [6.45, 7) is 0. The van der Waals surface area contributed by atoms with Gasteiger partial charge in [-0.15, -0.1) is 0 Å². The predicted molar refractivity (Wildman–Crippen MR) is 97.6 cm³/mol. The van der Waals surface area contributed by atoms with E-state index in [0.717, 1.165) is 54.9 Å². The third kappa shape index (κ3) is 6.07. The monoisotopic (exact) mass is 442 g/mol. The number of carbonyl (C=O) groups is 1. The smallest absolute Gasteiger partial charge is 0.416 e. The van der Waals surface area contributed by atoms with Crippen LogP contribution in [-0.4, -0.2) is 16.0 Å². The van der Waals surface area contributed by atoms with Gasteiger partial charge in [0.05, 0.1) is 23.5 Å². The highest BCUT2D eigenvalue weighted by atomic mass is 19.4. The molecule has 1 aromatic heterocycles. The van der Waals surface area contributed by atoms with Crippen molar-refractivity contribution in [3.8, 4) is 11.5 Å². The summed E-state index contributed by atoms with van der Waals surface area (Å²) in [5, 5.41) is 4.45. The number of nitrogens with zero attached hydrogens (tertiary/aromatic N) is 2. The molecule has 0 saturated carbocycles. The fraction of sp³-hybridized carbons (Fsp3) is 0.105. The van der Waals surface area contributed by atoms with Crippen molar-refractivity contribution in [1.29, 1.82) is 0 Å². The molecule has 162 valence electrons. The van der Waals surface area contributed by atoms with E-state index in [1.165, 1.54) is 6.07 Å². The van der Waals surface area contributed by atoms with Gasteiger partial charge in [-0.25, -0.2) is 14.8 Å². The summed E-state index contributed by atoms with van der Waals surface area (Å²) >= 11 is 0. The van der Waals surface area contributed by atoms with Crippen LogP contribution < -0.4 is 15.4 Å². The van der Waals surface area contributed by atoms with Crippen LogP contribution in [-0.2, 0) is 12.4 Å². The van der Waals surface area contributed by atoms with Crippen molar-refractivity contribution in [2.45, 2.75) is 12.4 Å². The predicted octanol–water partition coefficient (Wildman–Crippen LogP) is 5.95. The molecule has 0 aliphatic heterocycles. The molecule has 0 bridgehead atoms. The Morgan fingerprint density at radius 2 is 1.39 bits per heavy atom. The zero-order valence-corrected chi connectivity index (χ0v) is 15.3. The average Bonchev–Trinajstić information content (AvgIpc) is 2.69. The standard InChI is InChI=1S/C19H12F6N4O2/c20-18(21,22)11-4-6-14(7-5-11)31-15-9-26-16(27-10-15)29-17(30)28-13-3-1-2-12(8-13)19(23,24)25/h1-10H,(H2,26,27,28,29,30). The first-order valence-electron chi connectivity index (χ1n) is 8.43. The van der Waals surface area contributed by atoms with Crippen molar-refractivity contribution in [1.82, 2.24) is 9.97 Å². The van der Waals surface area contributed by atoms with E-state index in [2.05, 4.69) is 20.6 Å². The SMILES string of the molecule is O=C(Nc1cccc(C(F)(F)F)c1)Nc1ncc(Oc2ccc(C(F)(F)F)cc2)cn1. The van der Waals surface area contributed by atoms with E-state index in [1.807, 2.05) is 0 Å². The highest BCUT2D eigenvalue weighted by molar-refractivity contribution is 5.98. The maximum Gasteiger partial charge on any atom is 0.416 e. The van der Waals surface area contributed by atoms with E-state index < -0.39 is 29.5 Å². The maximum absolute atomic E-state index is 12.7. The van der Waals surface area contributed by atoms with E-state index in [1.54, 1.807) is 0 Å². The molecule has 0 saturated heterocycles. The van der Waals surface area contributed by atoms with Gasteiger partial charge in [0.2, 0.25) is 5.95 Å². The second-order valence-corrected chi connectivity index (χ2v) is 6.02. The lowest BCUT2D eigenvalue weighted by Gasteiger charge is -2.10. The molecular weight excluding hydrogens is 430 g/mol. The van der Waals surface area contributed by atoms with Crippen molar-refractivity contribution in [2.75, 3.05) is 10.6 Å². The second-order valence-electron chi connectivity index (χ2n) is 6.02. The van der Waals surface area contributed by atoms with Gasteiger partial charge in [-0.3, -0.25) is 5.32 Å². The molecule has 2 N–H and O–H groups in total. The molecule has 3 aromatic rings. The number of ether oxygens (including phenoxy) is 1. The molecule has 0 spiro atoms. The summed E-state index contributed by atoms with van der Waals surface area (Å²) in [5.41, 5.74) is -1.84. The number of aromatic nitrogens is 2. The van der Waals surface area contributed by atoms with Gasteiger partial charge in [-0.2, -0.15) is 26.3 Å². The number of nitrogens with one attached hydrogen (secondary N) is 2. The molecule has 1 heterocycles. The zero-order valence-electron chi connectivity index (χ0n) is 15.3. The van der Waals surface area contributed by atoms with E-state index >= 15 is 0 Å². The molecule has 31 heavy (non-hydrogen) atoms. The quantitative estimate of drug-likeness (QED) is 0.490. The van der Waals surface area contributed by atoms with Crippen LogP contribution >= 0.6 is 0 Å². The lowest BCUT2D eigenvalue weighted by Crippen LogP contribution is -2.21. The number of anilines is 2. The molecule has 0 radical (unpaired) electrons. The van der Waals surface area contributed by atoms with Crippen LogP contribution in [0, 0.1) is 0 Å².